The van der Waals surface area contributed by atoms with E-state index < -0.39 is 0 Å². The van der Waals surface area contributed by atoms with Crippen LogP contribution in [0.15, 0.2) is 42.5 Å². The summed E-state index contributed by atoms with van der Waals surface area (Å²) in [7, 11) is 0. The Morgan fingerprint density at radius 2 is 1.69 bits per heavy atom. The molecule has 7 heteroatoms. The van der Waals surface area contributed by atoms with Gasteiger partial charge in [0.1, 0.15) is 11.5 Å². The van der Waals surface area contributed by atoms with Crippen molar-refractivity contribution in [3.05, 3.63) is 53.1 Å². The van der Waals surface area contributed by atoms with E-state index in [-0.39, 0.29) is 31.4 Å². The lowest BCUT2D eigenvalue weighted by molar-refractivity contribution is -0.134. The first kappa shape index (κ1) is 22.6. The molecule has 0 unspecified atom stereocenters. The Morgan fingerprint density at radius 3 is 2.31 bits per heavy atom. The van der Waals surface area contributed by atoms with Gasteiger partial charge in [0, 0.05) is 17.3 Å². The van der Waals surface area contributed by atoms with Crippen molar-refractivity contribution in [2.45, 2.75) is 27.2 Å². The highest BCUT2D eigenvalue weighted by Gasteiger charge is 2.16. The number of hydrogen-bond acceptors (Lipinski definition) is 4. The van der Waals surface area contributed by atoms with Crippen molar-refractivity contribution in [1.29, 1.82) is 0 Å². The Kier molecular flexibility index (Phi) is 8.80. The Bertz CT molecular complexity index is 824. The van der Waals surface area contributed by atoms with Gasteiger partial charge in [-0.05, 0) is 62.7 Å². The Hall–Kier alpha value is -2.73. The standard InChI is InChI=1S/C22H27ClN2O4/c1-4-25(15-21(26)24-20-14-17(23)7-6-16(20)3)22(27)12-13-29-19-10-8-18(9-11-19)28-5-2/h6-11,14H,4-5,12-13,15H2,1-3H3,(H,24,26). The average molecular weight is 419 g/mol. The number of carbonyl (C=O) groups excluding carboxylic acids is 2. The molecule has 2 rings (SSSR count). The quantitative estimate of drug-likeness (QED) is 0.624. The van der Waals surface area contributed by atoms with Crippen LogP contribution < -0.4 is 14.8 Å². The van der Waals surface area contributed by atoms with E-state index in [1.807, 2.05) is 39.0 Å². The van der Waals surface area contributed by atoms with E-state index in [9.17, 15) is 9.59 Å². The Morgan fingerprint density at radius 1 is 1.03 bits per heavy atom. The SMILES string of the molecule is CCOc1ccc(OCCC(=O)N(CC)CC(=O)Nc2cc(Cl)ccc2C)cc1. The van der Waals surface area contributed by atoms with E-state index in [2.05, 4.69) is 5.32 Å². The minimum atomic E-state index is -0.266. The maximum atomic E-state index is 12.4. The molecule has 0 spiro atoms. The molecule has 2 aromatic carbocycles. The van der Waals surface area contributed by atoms with Crippen LogP contribution in [-0.4, -0.2) is 43.0 Å². The summed E-state index contributed by atoms with van der Waals surface area (Å²) < 4.78 is 11.0. The predicted octanol–water partition coefficient (Wildman–Crippen LogP) is 4.30. The first-order valence-corrected chi connectivity index (χ1v) is 10.00. The molecule has 156 valence electrons. The number of anilines is 1. The first-order chi connectivity index (χ1) is 13.9. The monoisotopic (exact) mass is 418 g/mol. The molecule has 2 amide bonds. The van der Waals surface area contributed by atoms with Crippen LogP contribution in [0.5, 0.6) is 11.5 Å². The molecule has 2 aromatic rings. The van der Waals surface area contributed by atoms with Gasteiger partial charge in [0.25, 0.3) is 0 Å². The number of likely N-dealkylation sites (N-methyl/N-ethyl adjacent to an activating group) is 1. The predicted molar refractivity (Wildman–Crippen MR) is 115 cm³/mol. The number of halogens is 1. The van der Waals surface area contributed by atoms with Gasteiger partial charge in [0.15, 0.2) is 0 Å². The molecule has 0 saturated carbocycles. The van der Waals surface area contributed by atoms with Gasteiger partial charge in [-0.15, -0.1) is 0 Å². The number of amides is 2. The minimum absolute atomic E-state index is 0.0235. The molecule has 0 fully saturated rings. The van der Waals surface area contributed by atoms with E-state index >= 15 is 0 Å². The molecule has 0 atom stereocenters. The zero-order chi connectivity index (χ0) is 21.2. The van der Waals surface area contributed by atoms with Crippen LogP contribution in [0.1, 0.15) is 25.8 Å². The van der Waals surface area contributed by atoms with Crippen molar-refractivity contribution in [3.8, 4) is 11.5 Å². The third-order valence-electron chi connectivity index (χ3n) is 4.26. The van der Waals surface area contributed by atoms with Crippen molar-refractivity contribution >= 4 is 29.1 Å². The van der Waals surface area contributed by atoms with Crippen molar-refractivity contribution in [1.82, 2.24) is 4.90 Å². The third kappa shape index (κ3) is 7.31. The third-order valence-corrected chi connectivity index (χ3v) is 4.50. The fourth-order valence-corrected chi connectivity index (χ4v) is 2.85. The fraction of sp³-hybridized carbons (Fsp3) is 0.364. The number of nitrogens with one attached hydrogen (secondary N) is 1. The lowest BCUT2D eigenvalue weighted by Gasteiger charge is -2.21. The number of benzene rings is 2. The Balaban J connectivity index is 1.81. The van der Waals surface area contributed by atoms with E-state index in [1.54, 1.807) is 24.3 Å². The molecule has 1 N–H and O–H groups in total. The molecule has 0 saturated heterocycles. The van der Waals surface area contributed by atoms with E-state index in [0.29, 0.717) is 29.6 Å². The molecule has 29 heavy (non-hydrogen) atoms. The van der Waals surface area contributed by atoms with Crippen LogP contribution >= 0.6 is 11.6 Å². The largest absolute Gasteiger partial charge is 0.494 e. The summed E-state index contributed by atoms with van der Waals surface area (Å²) in [6.45, 7) is 6.89. The van der Waals surface area contributed by atoms with Crippen LogP contribution in [0.3, 0.4) is 0 Å². The van der Waals surface area contributed by atoms with Crippen LogP contribution in [0, 0.1) is 6.92 Å². The molecule has 0 aromatic heterocycles. The summed E-state index contributed by atoms with van der Waals surface area (Å²) in [5, 5.41) is 3.35. The second-order valence-corrected chi connectivity index (χ2v) is 6.85. The highest BCUT2D eigenvalue weighted by atomic mass is 35.5. The molecular weight excluding hydrogens is 392 g/mol. The van der Waals surface area contributed by atoms with E-state index in [1.165, 1.54) is 4.90 Å². The van der Waals surface area contributed by atoms with Crippen molar-refractivity contribution in [3.63, 3.8) is 0 Å². The Labute approximate surface area is 176 Å². The average Bonchev–Trinajstić information content (AvgIpc) is 2.70. The maximum absolute atomic E-state index is 12.4. The topological polar surface area (TPSA) is 67.9 Å². The molecule has 0 aliphatic carbocycles. The minimum Gasteiger partial charge on any atom is -0.494 e. The van der Waals surface area contributed by atoms with Crippen molar-refractivity contribution < 1.29 is 19.1 Å². The van der Waals surface area contributed by atoms with Crippen molar-refractivity contribution in [2.24, 2.45) is 0 Å². The zero-order valence-corrected chi connectivity index (χ0v) is 17.8. The summed E-state index contributed by atoms with van der Waals surface area (Å²) in [5.41, 5.74) is 1.55. The number of carbonyl (C=O) groups is 2. The normalized spacial score (nSPS) is 10.3. The first-order valence-electron chi connectivity index (χ1n) is 9.62. The second-order valence-electron chi connectivity index (χ2n) is 6.42. The fourth-order valence-electron chi connectivity index (χ4n) is 2.68. The number of hydrogen-bond donors (Lipinski definition) is 1. The second kappa shape index (κ2) is 11.3. The van der Waals surface area contributed by atoms with Gasteiger partial charge in [-0.3, -0.25) is 9.59 Å². The number of ether oxygens (including phenoxy) is 2. The van der Waals surface area contributed by atoms with E-state index in [0.717, 1.165) is 11.3 Å². The summed E-state index contributed by atoms with van der Waals surface area (Å²) in [5.74, 6) is 1.03. The molecular formula is C22H27ClN2O4. The van der Waals surface area contributed by atoms with Gasteiger partial charge in [0.05, 0.1) is 26.2 Å². The molecule has 6 nitrogen and oxygen atoms in total. The lowest BCUT2D eigenvalue weighted by Crippen LogP contribution is -2.38. The molecule has 0 radical (unpaired) electrons. The summed E-state index contributed by atoms with van der Waals surface area (Å²) in [6.07, 6.45) is 0.185. The summed E-state index contributed by atoms with van der Waals surface area (Å²) in [4.78, 5) is 26.3. The maximum Gasteiger partial charge on any atom is 0.244 e. The van der Waals surface area contributed by atoms with E-state index in [4.69, 9.17) is 21.1 Å². The van der Waals surface area contributed by atoms with Gasteiger partial charge in [-0.1, -0.05) is 17.7 Å². The number of nitrogens with zero attached hydrogens (tertiary/aromatic N) is 1. The molecule has 0 aliphatic heterocycles. The van der Waals surface area contributed by atoms with Gasteiger partial charge in [-0.25, -0.2) is 0 Å². The number of rotatable bonds is 10. The van der Waals surface area contributed by atoms with Gasteiger partial charge in [-0.2, -0.15) is 0 Å². The summed E-state index contributed by atoms with van der Waals surface area (Å²) >= 11 is 5.98. The zero-order valence-electron chi connectivity index (χ0n) is 17.0. The summed E-state index contributed by atoms with van der Waals surface area (Å²) in [6, 6.07) is 12.5. The van der Waals surface area contributed by atoms with Gasteiger partial charge >= 0.3 is 0 Å². The molecule has 0 aliphatic rings. The van der Waals surface area contributed by atoms with Crippen LogP contribution in [0.25, 0.3) is 0 Å². The molecule has 0 heterocycles. The van der Waals surface area contributed by atoms with Crippen LogP contribution in [-0.2, 0) is 9.59 Å². The van der Waals surface area contributed by atoms with Crippen LogP contribution in [0.2, 0.25) is 5.02 Å². The highest BCUT2D eigenvalue weighted by Crippen LogP contribution is 2.20. The lowest BCUT2D eigenvalue weighted by atomic mass is 10.2. The van der Waals surface area contributed by atoms with Gasteiger partial charge < -0.3 is 19.7 Å². The number of aryl methyl sites for hydroxylation is 1. The smallest absolute Gasteiger partial charge is 0.244 e. The van der Waals surface area contributed by atoms with Crippen molar-refractivity contribution in [2.75, 3.05) is 31.6 Å². The van der Waals surface area contributed by atoms with Crippen LogP contribution in [0.4, 0.5) is 5.69 Å². The van der Waals surface area contributed by atoms with Gasteiger partial charge in [0.2, 0.25) is 11.8 Å². The molecule has 0 bridgehead atoms. The highest BCUT2D eigenvalue weighted by molar-refractivity contribution is 6.31.